The number of halogens is 1. The predicted molar refractivity (Wildman–Crippen MR) is 180 cm³/mol. The fraction of sp³-hybridized carbons (Fsp3) is 0.526. The standard InChI is InChI=1S/C38H54ClN2O2/c1-4-5-6-7-8-9-10-11-12-13-14-15-16-19-28-43-35-23-22-34(32(2)29-35)31-41(30-33-24-26-40(3)27-25-33)38(42)36-20-17-18-21-37(36)39/h17-18,20-27,29H,4-16,19,28,30-31H2,1-3H3/q+1. The zero-order valence-corrected chi connectivity index (χ0v) is 27.7. The summed E-state index contributed by atoms with van der Waals surface area (Å²) in [5.74, 6) is 0.826. The molecule has 0 aliphatic rings. The van der Waals surface area contributed by atoms with Gasteiger partial charge in [0.25, 0.3) is 5.91 Å². The van der Waals surface area contributed by atoms with Crippen LogP contribution in [0.15, 0.2) is 67.0 Å². The fourth-order valence-corrected chi connectivity index (χ4v) is 5.71. The van der Waals surface area contributed by atoms with Crippen LogP contribution < -0.4 is 9.30 Å². The molecular formula is C38H54ClN2O2+. The minimum Gasteiger partial charge on any atom is -0.494 e. The van der Waals surface area contributed by atoms with E-state index in [4.69, 9.17) is 16.3 Å². The quantitative estimate of drug-likeness (QED) is 0.0894. The van der Waals surface area contributed by atoms with Crippen LogP contribution in [0.1, 0.15) is 124 Å². The molecule has 0 atom stereocenters. The Bertz CT molecular complexity index is 1210. The zero-order valence-electron chi connectivity index (χ0n) is 27.0. The molecule has 5 heteroatoms. The number of rotatable bonds is 21. The summed E-state index contributed by atoms with van der Waals surface area (Å²) in [5, 5.41) is 0.473. The van der Waals surface area contributed by atoms with Crippen LogP contribution in [-0.4, -0.2) is 17.4 Å². The molecule has 0 unspecified atom stereocenters. The van der Waals surface area contributed by atoms with Crippen LogP contribution >= 0.6 is 11.6 Å². The van der Waals surface area contributed by atoms with Crippen molar-refractivity contribution in [1.29, 1.82) is 0 Å². The van der Waals surface area contributed by atoms with Gasteiger partial charge in [-0.2, -0.15) is 0 Å². The number of aromatic nitrogens is 1. The van der Waals surface area contributed by atoms with Crippen molar-refractivity contribution in [2.24, 2.45) is 7.05 Å². The normalized spacial score (nSPS) is 11.1. The van der Waals surface area contributed by atoms with Gasteiger partial charge < -0.3 is 9.64 Å². The second-order valence-electron chi connectivity index (χ2n) is 12.0. The van der Waals surface area contributed by atoms with Crippen LogP contribution in [-0.2, 0) is 20.1 Å². The Hall–Kier alpha value is -2.85. The molecule has 234 valence electrons. The molecule has 43 heavy (non-hydrogen) atoms. The number of carbonyl (C=O) groups excluding carboxylic acids is 1. The van der Waals surface area contributed by atoms with Crippen molar-refractivity contribution < 1.29 is 14.1 Å². The lowest BCUT2D eigenvalue weighted by atomic mass is 10.0. The Morgan fingerprint density at radius 2 is 1.35 bits per heavy atom. The summed E-state index contributed by atoms with van der Waals surface area (Å²) >= 11 is 6.41. The van der Waals surface area contributed by atoms with Crippen molar-refractivity contribution in [2.75, 3.05) is 6.61 Å². The Morgan fingerprint density at radius 1 is 0.767 bits per heavy atom. The summed E-state index contributed by atoms with van der Waals surface area (Å²) in [6.45, 7) is 6.12. The maximum atomic E-state index is 13.6. The van der Waals surface area contributed by atoms with Gasteiger partial charge in [0, 0.05) is 25.2 Å². The van der Waals surface area contributed by atoms with Crippen LogP contribution in [0, 0.1) is 6.92 Å². The number of ether oxygens (including phenoxy) is 1. The molecule has 0 spiro atoms. The molecule has 3 aromatic rings. The Morgan fingerprint density at radius 3 is 1.93 bits per heavy atom. The van der Waals surface area contributed by atoms with Crippen LogP contribution in [0.25, 0.3) is 0 Å². The number of carbonyl (C=O) groups is 1. The molecule has 4 nitrogen and oxygen atoms in total. The second-order valence-corrected chi connectivity index (χ2v) is 12.5. The van der Waals surface area contributed by atoms with Crippen molar-refractivity contribution in [3.63, 3.8) is 0 Å². The third kappa shape index (κ3) is 13.1. The zero-order chi connectivity index (χ0) is 30.7. The lowest BCUT2D eigenvalue weighted by Crippen LogP contribution is -2.31. The molecule has 0 N–H and O–H groups in total. The molecule has 0 saturated heterocycles. The van der Waals surface area contributed by atoms with Crippen LogP contribution in [0.3, 0.4) is 0 Å². The molecule has 3 rings (SSSR count). The Labute approximate surface area is 266 Å². The third-order valence-electron chi connectivity index (χ3n) is 8.25. The summed E-state index contributed by atoms with van der Waals surface area (Å²) in [6.07, 6.45) is 23.0. The summed E-state index contributed by atoms with van der Waals surface area (Å²) in [4.78, 5) is 15.5. The topological polar surface area (TPSA) is 33.4 Å². The average Bonchev–Trinajstić information content (AvgIpc) is 3.01. The number of pyridine rings is 1. The number of hydrogen-bond donors (Lipinski definition) is 0. The first-order valence-electron chi connectivity index (χ1n) is 16.7. The molecule has 0 fully saturated rings. The summed E-state index contributed by atoms with van der Waals surface area (Å²) in [6, 6.07) is 17.6. The predicted octanol–water partition coefficient (Wildman–Crippen LogP) is 10.2. The maximum absolute atomic E-state index is 13.6. The second kappa shape index (κ2) is 20.2. The smallest absolute Gasteiger partial charge is 0.255 e. The molecular weight excluding hydrogens is 552 g/mol. The van der Waals surface area contributed by atoms with Gasteiger partial charge >= 0.3 is 0 Å². The van der Waals surface area contributed by atoms with Crippen molar-refractivity contribution in [2.45, 2.75) is 117 Å². The maximum Gasteiger partial charge on any atom is 0.255 e. The number of nitrogens with zero attached hydrogens (tertiary/aromatic N) is 2. The number of amides is 1. The van der Waals surface area contributed by atoms with Gasteiger partial charge in [-0.05, 0) is 54.3 Å². The number of benzene rings is 2. The lowest BCUT2D eigenvalue weighted by Gasteiger charge is -2.24. The van der Waals surface area contributed by atoms with Gasteiger partial charge in [0.1, 0.15) is 12.8 Å². The van der Waals surface area contributed by atoms with E-state index in [0.717, 1.165) is 35.5 Å². The SMILES string of the molecule is CCCCCCCCCCCCCCCCOc1ccc(CN(Cc2cc[n+](C)cc2)C(=O)c2ccccc2Cl)c(C)c1. The van der Waals surface area contributed by atoms with Crippen molar-refractivity contribution in [1.82, 2.24) is 4.90 Å². The molecule has 0 saturated carbocycles. The molecule has 0 aliphatic carbocycles. The molecule has 2 aromatic carbocycles. The fourth-order valence-electron chi connectivity index (χ4n) is 5.49. The van der Waals surface area contributed by atoms with Crippen LogP contribution in [0.4, 0.5) is 0 Å². The highest BCUT2D eigenvalue weighted by Crippen LogP contribution is 2.24. The molecule has 0 bridgehead atoms. The van der Waals surface area contributed by atoms with Gasteiger partial charge in [0.05, 0.1) is 17.2 Å². The van der Waals surface area contributed by atoms with Gasteiger partial charge in [0.15, 0.2) is 12.4 Å². The third-order valence-corrected chi connectivity index (χ3v) is 8.58. The van der Waals surface area contributed by atoms with E-state index in [1.54, 1.807) is 12.1 Å². The van der Waals surface area contributed by atoms with Crippen LogP contribution in [0.2, 0.25) is 5.02 Å². The van der Waals surface area contributed by atoms with E-state index in [1.165, 1.54) is 83.5 Å². The van der Waals surface area contributed by atoms with Gasteiger partial charge in [-0.15, -0.1) is 0 Å². The van der Waals surface area contributed by atoms with Gasteiger partial charge in [-0.25, -0.2) is 4.57 Å². The van der Waals surface area contributed by atoms with Gasteiger partial charge in [-0.3, -0.25) is 4.79 Å². The van der Waals surface area contributed by atoms with E-state index in [1.807, 2.05) is 59.2 Å². The molecule has 1 amide bonds. The van der Waals surface area contributed by atoms with Crippen molar-refractivity contribution >= 4 is 17.5 Å². The Balaban J connectivity index is 1.40. The highest BCUT2D eigenvalue weighted by Gasteiger charge is 2.20. The average molecular weight is 606 g/mol. The largest absolute Gasteiger partial charge is 0.494 e. The number of unbranched alkanes of at least 4 members (excludes halogenated alkanes) is 13. The molecule has 0 radical (unpaired) electrons. The lowest BCUT2D eigenvalue weighted by molar-refractivity contribution is -0.671. The first-order valence-corrected chi connectivity index (χ1v) is 17.1. The van der Waals surface area contributed by atoms with Gasteiger partial charge in [0.2, 0.25) is 0 Å². The number of hydrogen-bond acceptors (Lipinski definition) is 2. The Kier molecular flexibility index (Phi) is 16.2. The van der Waals surface area contributed by atoms with Crippen LogP contribution in [0.5, 0.6) is 5.75 Å². The monoisotopic (exact) mass is 605 g/mol. The highest BCUT2D eigenvalue weighted by atomic mass is 35.5. The summed E-state index contributed by atoms with van der Waals surface area (Å²) < 4.78 is 8.08. The highest BCUT2D eigenvalue weighted by molar-refractivity contribution is 6.33. The van der Waals surface area contributed by atoms with Gasteiger partial charge in [-0.1, -0.05) is 120 Å². The molecule has 1 heterocycles. The summed E-state index contributed by atoms with van der Waals surface area (Å²) in [7, 11) is 1.99. The summed E-state index contributed by atoms with van der Waals surface area (Å²) in [5.41, 5.74) is 3.82. The van der Waals surface area contributed by atoms with E-state index in [2.05, 4.69) is 26.0 Å². The first-order chi connectivity index (χ1) is 21.0. The van der Waals surface area contributed by atoms with E-state index in [9.17, 15) is 4.79 Å². The first kappa shape index (κ1) is 34.6. The van der Waals surface area contributed by atoms with E-state index < -0.39 is 0 Å². The number of aryl methyl sites for hydroxylation is 2. The molecule has 0 aliphatic heterocycles. The van der Waals surface area contributed by atoms with E-state index in [0.29, 0.717) is 23.7 Å². The minimum atomic E-state index is -0.0728. The van der Waals surface area contributed by atoms with Crippen molar-refractivity contribution in [3.05, 3.63) is 94.3 Å². The minimum absolute atomic E-state index is 0.0728. The van der Waals surface area contributed by atoms with E-state index in [-0.39, 0.29) is 5.91 Å². The van der Waals surface area contributed by atoms with E-state index >= 15 is 0 Å². The molecule has 1 aromatic heterocycles. The van der Waals surface area contributed by atoms with Crippen molar-refractivity contribution in [3.8, 4) is 5.75 Å².